The van der Waals surface area contributed by atoms with Crippen molar-refractivity contribution in [1.29, 1.82) is 0 Å². The van der Waals surface area contributed by atoms with Crippen molar-refractivity contribution in [3.05, 3.63) is 54.3 Å². The van der Waals surface area contributed by atoms with Crippen LogP contribution in [-0.2, 0) is 4.74 Å². The number of benzene rings is 1. The third kappa shape index (κ3) is 2.45. The van der Waals surface area contributed by atoms with E-state index in [4.69, 9.17) is 13.7 Å². The molecular formula is C16H13NO4. The number of hydrogen-bond acceptors (Lipinski definition) is 5. The van der Waals surface area contributed by atoms with Crippen LogP contribution in [0.1, 0.15) is 17.3 Å². The van der Waals surface area contributed by atoms with Crippen molar-refractivity contribution < 1.29 is 18.5 Å². The minimum Gasteiger partial charge on any atom is -0.462 e. The second kappa shape index (κ2) is 5.66. The molecule has 0 amide bonds. The van der Waals surface area contributed by atoms with Crippen molar-refractivity contribution in [1.82, 2.24) is 5.16 Å². The van der Waals surface area contributed by atoms with Gasteiger partial charge < -0.3 is 13.7 Å². The van der Waals surface area contributed by atoms with E-state index in [0.29, 0.717) is 11.5 Å². The number of aromatic nitrogens is 1. The number of rotatable bonds is 4. The Kier molecular flexibility index (Phi) is 3.55. The second-order valence-electron chi connectivity index (χ2n) is 4.30. The zero-order valence-electron chi connectivity index (χ0n) is 11.4. The number of carbonyl (C=O) groups excluding carboxylic acids is 1. The molecular weight excluding hydrogens is 270 g/mol. The third-order valence-corrected chi connectivity index (χ3v) is 2.96. The third-order valence-electron chi connectivity index (χ3n) is 2.96. The summed E-state index contributed by atoms with van der Waals surface area (Å²) in [5.41, 5.74) is 1.50. The highest BCUT2D eigenvalue weighted by Crippen LogP contribution is 2.32. The minimum atomic E-state index is -0.482. The number of hydrogen-bond donors (Lipinski definition) is 0. The van der Waals surface area contributed by atoms with Gasteiger partial charge in [0.05, 0.1) is 12.9 Å². The van der Waals surface area contributed by atoms with Crippen molar-refractivity contribution in [3.63, 3.8) is 0 Å². The fourth-order valence-electron chi connectivity index (χ4n) is 2.05. The van der Waals surface area contributed by atoms with Gasteiger partial charge in [0.1, 0.15) is 11.3 Å². The molecule has 1 aromatic carbocycles. The first-order chi connectivity index (χ1) is 10.3. The van der Waals surface area contributed by atoms with E-state index in [1.807, 2.05) is 30.3 Å². The van der Waals surface area contributed by atoms with Crippen molar-refractivity contribution >= 4 is 5.97 Å². The molecule has 0 aliphatic rings. The topological polar surface area (TPSA) is 65.5 Å². The van der Waals surface area contributed by atoms with Gasteiger partial charge in [0.2, 0.25) is 5.76 Å². The van der Waals surface area contributed by atoms with Gasteiger partial charge in [0, 0.05) is 5.56 Å². The van der Waals surface area contributed by atoms with E-state index >= 15 is 0 Å². The Bertz CT molecular complexity index is 729. The fraction of sp³-hybridized carbons (Fsp3) is 0.125. The average molecular weight is 283 g/mol. The van der Waals surface area contributed by atoms with Gasteiger partial charge in [-0.05, 0) is 19.1 Å². The molecule has 106 valence electrons. The number of furan rings is 1. The SMILES string of the molecule is CCOC(=O)c1c(-c2ccccc2)noc1-c1ccco1. The molecule has 0 aliphatic carbocycles. The van der Waals surface area contributed by atoms with Crippen molar-refractivity contribution in [2.75, 3.05) is 6.61 Å². The molecule has 0 radical (unpaired) electrons. The van der Waals surface area contributed by atoms with Gasteiger partial charge in [-0.1, -0.05) is 35.5 Å². The Morgan fingerprint density at radius 2 is 2.00 bits per heavy atom. The molecule has 0 fully saturated rings. The molecule has 2 heterocycles. The summed E-state index contributed by atoms with van der Waals surface area (Å²) in [6.07, 6.45) is 1.51. The van der Waals surface area contributed by atoms with E-state index in [1.54, 1.807) is 19.1 Å². The van der Waals surface area contributed by atoms with E-state index in [9.17, 15) is 4.79 Å². The standard InChI is InChI=1S/C16H13NO4/c1-2-19-16(18)13-14(11-7-4-3-5-8-11)17-21-15(13)12-9-6-10-20-12/h3-10H,2H2,1H3. The predicted octanol–water partition coefficient (Wildman–Crippen LogP) is 3.78. The zero-order chi connectivity index (χ0) is 14.7. The van der Waals surface area contributed by atoms with E-state index < -0.39 is 5.97 Å². The Labute approximate surface area is 121 Å². The lowest BCUT2D eigenvalue weighted by Gasteiger charge is -2.03. The number of nitrogens with zero attached hydrogens (tertiary/aromatic N) is 1. The Balaban J connectivity index is 2.15. The summed E-state index contributed by atoms with van der Waals surface area (Å²) in [7, 11) is 0. The van der Waals surface area contributed by atoms with Crippen LogP contribution >= 0.6 is 0 Å². The van der Waals surface area contributed by atoms with Crippen molar-refractivity contribution in [2.24, 2.45) is 0 Å². The second-order valence-corrected chi connectivity index (χ2v) is 4.30. The van der Waals surface area contributed by atoms with E-state index in [2.05, 4.69) is 5.16 Å². The van der Waals surface area contributed by atoms with Crippen LogP contribution in [0.25, 0.3) is 22.8 Å². The minimum absolute atomic E-state index is 0.274. The smallest absolute Gasteiger partial charge is 0.344 e. The van der Waals surface area contributed by atoms with E-state index in [0.717, 1.165) is 5.56 Å². The van der Waals surface area contributed by atoms with Crippen LogP contribution in [0.5, 0.6) is 0 Å². The molecule has 0 saturated heterocycles. The van der Waals surface area contributed by atoms with Gasteiger partial charge in [-0.15, -0.1) is 0 Å². The fourth-order valence-corrected chi connectivity index (χ4v) is 2.05. The normalized spacial score (nSPS) is 10.5. The number of carbonyl (C=O) groups is 1. The van der Waals surface area contributed by atoms with Crippen LogP contribution < -0.4 is 0 Å². The Morgan fingerprint density at radius 3 is 2.67 bits per heavy atom. The lowest BCUT2D eigenvalue weighted by Crippen LogP contribution is -2.06. The van der Waals surface area contributed by atoms with Gasteiger partial charge in [-0.3, -0.25) is 0 Å². The Hall–Kier alpha value is -2.82. The quantitative estimate of drug-likeness (QED) is 0.682. The van der Waals surface area contributed by atoms with Crippen LogP contribution in [-0.4, -0.2) is 17.7 Å². The monoisotopic (exact) mass is 283 g/mol. The highest BCUT2D eigenvalue weighted by molar-refractivity contribution is 6.01. The molecule has 3 aromatic rings. The van der Waals surface area contributed by atoms with Gasteiger partial charge in [0.15, 0.2) is 5.76 Å². The molecule has 0 bridgehead atoms. The first-order valence-corrected chi connectivity index (χ1v) is 6.57. The number of ether oxygens (including phenoxy) is 1. The summed E-state index contributed by atoms with van der Waals surface area (Å²) in [6.45, 7) is 2.02. The molecule has 0 atom stereocenters. The molecule has 0 aliphatic heterocycles. The number of esters is 1. The first-order valence-electron chi connectivity index (χ1n) is 6.57. The maximum atomic E-state index is 12.3. The van der Waals surface area contributed by atoms with E-state index in [1.165, 1.54) is 6.26 Å². The van der Waals surface area contributed by atoms with Gasteiger partial charge in [-0.25, -0.2) is 4.79 Å². The summed E-state index contributed by atoms with van der Waals surface area (Å²) in [4.78, 5) is 12.3. The van der Waals surface area contributed by atoms with E-state index in [-0.39, 0.29) is 17.9 Å². The molecule has 2 aromatic heterocycles. The summed E-state index contributed by atoms with van der Waals surface area (Å²) in [5.74, 6) is 0.231. The molecule has 3 rings (SSSR count). The maximum absolute atomic E-state index is 12.3. The molecule has 0 N–H and O–H groups in total. The predicted molar refractivity (Wildman–Crippen MR) is 75.6 cm³/mol. The summed E-state index contributed by atoms with van der Waals surface area (Å²) < 4.78 is 15.7. The lowest BCUT2D eigenvalue weighted by atomic mass is 10.1. The first kappa shape index (κ1) is 13.2. The summed E-state index contributed by atoms with van der Waals surface area (Å²) in [6, 6.07) is 12.8. The van der Waals surface area contributed by atoms with Crippen LogP contribution in [0.15, 0.2) is 57.7 Å². The molecule has 21 heavy (non-hydrogen) atoms. The largest absolute Gasteiger partial charge is 0.462 e. The van der Waals surface area contributed by atoms with Gasteiger partial charge in [-0.2, -0.15) is 0 Å². The average Bonchev–Trinajstić information content (AvgIpc) is 3.17. The molecule has 0 unspecified atom stereocenters. The summed E-state index contributed by atoms with van der Waals surface area (Å²) in [5, 5.41) is 4.01. The van der Waals surface area contributed by atoms with Crippen molar-refractivity contribution in [3.8, 4) is 22.8 Å². The van der Waals surface area contributed by atoms with Crippen LogP contribution in [0, 0.1) is 0 Å². The van der Waals surface area contributed by atoms with Gasteiger partial charge >= 0.3 is 5.97 Å². The van der Waals surface area contributed by atoms with Gasteiger partial charge in [0.25, 0.3) is 0 Å². The highest BCUT2D eigenvalue weighted by Gasteiger charge is 2.27. The molecule has 0 spiro atoms. The summed E-state index contributed by atoms with van der Waals surface area (Å²) >= 11 is 0. The van der Waals surface area contributed by atoms with Crippen LogP contribution in [0.2, 0.25) is 0 Å². The van der Waals surface area contributed by atoms with Crippen molar-refractivity contribution in [2.45, 2.75) is 6.92 Å². The maximum Gasteiger partial charge on any atom is 0.344 e. The highest BCUT2D eigenvalue weighted by atomic mass is 16.5. The Morgan fingerprint density at radius 1 is 1.19 bits per heavy atom. The zero-order valence-corrected chi connectivity index (χ0v) is 11.4. The molecule has 5 heteroatoms. The van der Waals surface area contributed by atoms with Crippen LogP contribution in [0.4, 0.5) is 0 Å². The van der Waals surface area contributed by atoms with Crippen LogP contribution in [0.3, 0.4) is 0 Å². The lowest BCUT2D eigenvalue weighted by molar-refractivity contribution is 0.0527. The molecule has 0 saturated carbocycles. The molecule has 5 nitrogen and oxygen atoms in total.